The van der Waals surface area contributed by atoms with Crippen LogP contribution in [-0.4, -0.2) is 82.9 Å². The van der Waals surface area contributed by atoms with E-state index in [1.807, 2.05) is 0 Å². The van der Waals surface area contributed by atoms with Crippen molar-refractivity contribution in [3.63, 3.8) is 0 Å². The number of amides is 1. The summed E-state index contributed by atoms with van der Waals surface area (Å²) in [5, 5.41) is -1.38. The molecule has 6 rings (SSSR count). The number of hydrogen-bond donors (Lipinski definition) is 0. The van der Waals surface area contributed by atoms with Gasteiger partial charge in [-0.25, -0.2) is 40.9 Å². The molecule has 234 valence electrons. The Morgan fingerprint density at radius 1 is 1.09 bits per heavy atom. The molecule has 2 saturated heterocycles. The van der Waals surface area contributed by atoms with E-state index in [0.29, 0.717) is 5.56 Å². The zero-order valence-electron chi connectivity index (χ0n) is 24.2. The maximum absolute atomic E-state index is 15.8. The highest BCUT2D eigenvalue weighted by Crippen LogP contribution is 2.35. The van der Waals surface area contributed by atoms with E-state index in [4.69, 9.17) is 4.74 Å². The molecule has 5 heterocycles. The number of anilines is 1. The van der Waals surface area contributed by atoms with E-state index in [0.717, 1.165) is 28.8 Å². The van der Waals surface area contributed by atoms with Gasteiger partial charge in [-0.1, -0.05) is 12.6 Å². The largest absolute Gasteiger partial charge is 0.379 e. The molecule has 0 radical (unpaired) electrons. The number of sulfone groups is 1. The van der Waals surface area contributed by atoms with Gasteiger partial charge in [0, 0.05) is 31.9 Å². The van der Waals surface area contributed by atoms with E-state index in [1.54, 1.807) is 23.6 Å². The molecule has 45 heavy (non-hydrogen) atoms. The molecule has 3 aromatic heterocycles. The van der Waals surface area contributed by atoms with Gasteiger partial charge >= 0.3 is 5.69 Å². The van der Waals surface area contributed by atoms with Crippen LogP contribution >= 0.6 is 0 Å². The van der Waals surface area contributed by atoms with Crippen molar-refractivity contribution in [2.45, 2.75) is 30.2 Å². The van der Waals surface area contributed by atoms with Gasteiger partial charge in [0.1, 0.15) is 28.4 Å². The fourth-order valence-corrected chi connectivity index (χ4v) is 7.18. The number of aromatic nitrogens is 4. The number of fused-ring (bicyclic) bond motifs is 1. The van der Waals surface area contributed by atoms with Gasteiger partial charge in [0.15, 0.2) is 16.5 Å². The van der Waals surface area contributed by atoms with Crippen LogP contribution in [0.4, 0.5) is 19.0 Å². The van der Waals surface area contributed by atoms with Crippen LogP contribution in [0.5, 0.6) is 0 Å². The Labute approximate surface area is 255 Å². The first-order chi connectivity index (χ1) is 21.4. The lowest BCUT2D eigenvalue weighted by Gasteiger charge is -2.40. The average Bonchev–Trinajstić information content (AvgIpc) is 2.96. The summed E-state index contributed by atoms with van der Waals surface area (Å²) in [6, 6.07) is 5.04. The molecule has 0 spiro atoms. The van der Waals surface area contributed by atoms with Crippen LogP contribution in [0.2, 0.25) is 0 Å². The second-order valence-corrected chi connectivity index (χ2v) is 13.0. The quantitative estimate of drug-likeness (QED) is 0.292. The molecule has 4 aromatic rings. The Morgan fingerprint density at radius 2 is 1.80 bits per heavy atom. The number of halogens is 3. The van der Waals surface area contributed by atoms with Crippen molar-refractivity contribution in [2.24, 2.45) is 0 Å². The highest BCUT2D eigenvalue weighted by Gasteiger charge is 2.38. The van der Waals surface area contributed by atoms with Gasteiger partial charge in [-0.2, -0.15) is 4.98 Å². The van der Waals surface area contributed by atoms with Crippen molar-refractivity contribution in [2.75, 3.05) is 37.7 Å². The normalized spacial score (nSPS) is 17.4. The third-order valence-electron chi connectivity index (χ3n) is 8.02. The van der Waals surface area contributed by atoms with Gasteiger partial charge in [-0.3, -0.25) is 4.79 Å². The molecular weight excluding hydrogens is 613 g/mol. The van der Waals surface area contributed by atoms with Crippen molar-refractivity contribution in [1.82, 2.24) is 24.4 Å². The lowest BCUT2D eigenvalue weighted by atomic mass is 10.1. The van der Waals surface area contributed by atoms with Crippen LogP contribution in [0.15, 0.2) is 59.0 Å². The van der Waals surface area contributed by atoms with Gasteiger partial charge in [0.25, 0.3) is 0 Å². The Balaban J connectivity index is 1.66. The second-order valence-electron chi connectivity index (χ2n) is 10.9. The lowest BCUT2D eigenvalue weighted by molar-refractivity contribution is -0.126. The maximum Gasteiger partial charge on any atom is 0.355 e. The van der Waals surface area contributed by atoms with Gasteiger partial charge in [-0.15, -0.1) is 0 Å². The molecule has 15 heteroatoms. The first-order valence-corrected chi connectivity index (χ1v) is 15.5. The van der Waals surface area contributed by atoms with Crippen LogP contribution in [0.3, 0.4) is 0 Å². The van der Waals surface area contributed by atoms with Crippen molar-refractivity contribution >= 4 is 32.6 Å². The van der Waals surface area contributed by atoms with Crippen LogP contribution < -0.4 is 10.6 Å². The number of carbonyl (C=O) groups excluding carboxylic acids is 1. The van der Waals surface area contributed by atoms with E-state index < -0.39 is 60.6 Å². The number of benzene rings is 1. The molecule has 0 bridgehead atoms. The number of piperazine rings is 1. The Kier molecular flexibility index (Phi) is 7.69. The summed E-state index contributed by atoms with van der Waals surface area (Å²) >= 11 is 0. The van der Waals surface area contributed by atoms with E-state index in [-0.39, 0.29) is 61.3 Å². The van der Waals surface area contributed by atoms with Crippen LogP contribution in [-0.2, 0) is 19.4 Å². The third kappa shape index (κ3) is 5.05. The number of ether oxygens (including phenoxy) is 1. The number of hydrogen-bond acceptors (Lipinski definition) is 9. The fraction of sp³-hybridized carbons (Fsp3) is 0.300. The molecule has 2 aliphatic rings. The molecule has 1 atom stereocenters. The minimum Gasteiger partial charge on any atom is -0.379 e. The topological polar surface area (TPSA) is 128 Å². The zero-order chi connectivity index (χ0) is 32.2. The average molecular weight is 641 g/mol. The molecule has 0 saturated carbocycles. The smallest absolute Gasteiger partial charge is 0.355 e. The summed E-state index contributed by atoms with van der Waals surface area (Å²) in [5.74, 6) is -3.56. The summed E-state index contributed by atoms with van der Waals surface area (Å²) in [5.41, 5.74) is -2.63. The predicted octanol–water partition coefficient (Wildman–Crippen LogP) is 2.96. The van der Waals surface area contributed by atoms with Gasteiger partial charge in [0.2, 0.25) is 15.7 Å². The number of carbonyl (C=O) groups is 1. The van der Waals surface area contributed by atoms with Crippen molar-refractivity contribution in [3.8, 4) is 16.9 Å². The molecule has 1 amide bonds. The fourth-order valence-electron chi connectivity index (χ4n) is 5.58. The zero-order valence-corrected chi connectivity index (χ0v) is 25.0. The standard InChI is InChI=1S/C30H27F3N6O5S/c1-4-23(40)37-10-11-38(17(3)13-37)27-19-12-22(33)25(24-20(31)6-5-7-21(24)32)35-28(19)39(30(41)36-27)26-16(2)8-9-34-29(26)45(42,43)18-14-44-15-18/h4-9,12,17-18H,1,10-11,13-15H2,2-3H3/t17-/m0/s1. The number of nitrogens with zero attached hydrogens (tertiary/aromatic N) is 6. The SMILES string of the molecule is C=CC(=O)N1CCN(c2nc(=O)n(-c3c(C)ccnc3S(=O)(=O)C3COC3)c3nc(-c4c(F)cccc4F)c(F)cc23)[C@@H](C)C1. The molecule has 2 fully saturated rings. The van der Waals surface area contributed by atoms with Crippen molar-refractivity contribution < 1.29 is 31.1 Å². The van der Waals surface area contributed by atoms with E-state index in [2.05, 4.69) is 21.5 Å². The summed E-state index contributed by atoms with van der Waals surface area (Å²) < 4.78 is 78.9. The molecule has 1 aromatic carbocycles. The lowest BCUT2D eigenvalue weighted by Crippen LogP contribution is -2.54. The van der Waals surface area contributed by atoms with Crippen molar-refractivity contribution in [1.29, 1.82) is 0 Å². The summed E-state index contributed by atoms with van der Waals surface area (Å²) in [4.78, 5) is 42.2. The summed E-state index contributed by atoms with van der Waals surface area (Å²) in [7, 11) is -4.13. The minimum absolute atomic E-state index is 0.00903. The molecule has 0 unspecified atom stereocenters. The highest BCUT2D eigenvalue weighted by atomic mass is 32.2. The maximum atomic E-state index is 15.8. The van der Waals surface area contributed by atoms with E-state index >= 15 is 4.39 Å². The number of pyridine rings is 2. The number of aryl methyl sites for hydroxylation is 1. The van der Waals surface area contributed by atoms with Crippen LogP contribution in [0.1, 0.15) is 12.5 Å². The molecule has 2 aliphatic heterocycles. The van der Waals surface area contributed by atoms with Crippen LogP contribution in [0.25, 0.3) is 28.0 Å². The summed E-state index contributed by atoms with van der Waals surface area (Å²) in [6.45, 7) is 7.39. The Hall–Kier alpha value is -4.63. The van der Waals surface area contributed by atoms with Crippen LogP contribution in [0, 0.1) is 24.4 Å². The van der Waals surface area contributed by atoms with Crippen molar-refractivity contribution in [3.05, 3.63) is 82.7 Å². The summed E-state index contributed by atoms with van der Waals surface area (Å²) in [6.07, 6.45) is 2.47. The Bertz CT molecular complexity index is 2030. The first-order valence-electron chi connectivity index (χ1n) is 14.0. The highest BCUT2D eigenvalue weighted by molar-refractivity contribution is 7.92. The monoisotopic (exact) mass is 640 g/mol. The third-order valence-corrected chi connectivity index (χ3v) is 10.0. The van der Waals surface area contributed by atoms with E-state index in [1.165, 1.54) is 18.3 Å². The molecule has 0 N–H and O–H groups in total. The van der Waals surface area contributed by atoms with Gasteiger partial charge in [0.05, 0.1) is 29.9 Å². The predicted molar refractivity (Wildman–Crippen MR) is 158 cm³/mol. The number of rotatable bonds is 6. The Morgan fingerprint density at radius 3 is 2.42 bits per heavy atom. The van der Waals surface area contributed by atoms with Gasteiger partial charge < -0.3 is 14.5 Å². The molecule has 0 aliphatic carbocycles. The molecule has 11 nitrogen and oxygen atoms in total. The van der Waals surface area contributed by atoms with Gasteiger partial charge in [-0.05, 0) is 49.8 Å². The second kappa shape index (κ2) is 11.4. The van der Waals surface area contributed by atoms with E-state index in [9.17, 15) is 26.8 Å². The first kappa shape index (κ1) is 30.4. The molecular formula is C30H27F3N6O5S. The minimum atomic E-state index is -4.13.